The van der Waals surface area contributed by atoms with E-state index in [4.69, 9.17) is 14.2 Å². The number of sulfone groups is 1. The van der Waals surface area contributed by atoms with E-state index in [1.54, 1.807) is 12.1 Å². The molecule has 1 saturated carbocycles. The van der Waals surface area contributed by atoms with Crippen LogP contribution in [0.4, 0.5) is 0 Å². The third kappa shape index (κ3) is 3.94. The standard InChI is InChI=1S/C22H28BN3O5S/c1-13-21(30-16-9-14-3-4-15(10-16)26(14)23)24-12-25-22(13)31-19-8-7-18(11-20(19)29-2)32(27,28)17-5-6-17/h7-8,11-12,14-17H,3-6,9-10,23H2,1-2H3/t14-,15?,16?/m0/s1. The van der Waals surface area contributed by atoms with Crippen LogP contribution in [0.3, 0.4) is 0 Å². The molecule has 0 radical (unpaired) electrons. The molecule has 0 amide bonds. The Morgan fingerprint density at radius 2 is 1.72 bits per heavy atom. The van der Waals surface area contributed by atoms with E-state index in [0.29, 0.717) is 53.7 Å². The molecular formula is C22H28BN3O5S. The third-order valence-corrected chi connectivity index (χ3v) is 9.22. The topological polar surface area (TPSA) is 90.9 Å². The number of methoxy groups -OCH3 is 1. The number of benzene rings is 1. The second-order valence-corrected chi connectivity index (χ2v) is 11.3. The van der Waals surface area contributed by atoms with Gasteiger partial charge in [-0.1, -0.05) is 0 Å². The lowest BCUT2D eigenvalue weighted by molar-refractivity contribution is 0.0918. The lowest BCUT2D eigenvalue weighted by Crippen LogP contribution is -2.44. The van der Waals surface area contributed by atoms with Crippen molar-refractivity contribution in [2.45, 2.75) is 73.8 Å². The number of ether oxygens (including phenoxy) is 3. The maximum Gasteiger partial charge on any atom is 0.229 e. The zero-order chi connectivity index (χ0) is 22.5. The van der Waals surface area contributed by atoms with Crippen molar-refractivity contribution in [2.24, 2.45) is 0 Å². The van der Waals surface area contributed by atoms with Gasteiger partial charge in [-0.2, -0.15) is 0 Å². The Kier molecular flexibility index (Phi) is 5.53. The average Bonchev–Trinajstić information content (AvgIpc) is 3.60. The number of rotatable bonds is 7. The molecule has 2 aromatic rings. The van der Waals surface area contributed by atoms with Gasteiger partial charge in [0.1, 0.15) is 12.4 Å². The smallest absolute Gasteiger partial charge is 0.229 e. The van der Waals surface area contributed by atoms with E-state index in [1.165, 1.54) is 32.3 Å². The molecule has 3 aliphatic rings. The van der Waals surface area contributed by atoms with Crippen LogP contribution in [-0.4, -0.2) is 61.7 Å². The van der Waals surface area contributed by atoms with Gasteiger partial charge in [-0.3, -0.25) is 0 Å². The van der Waals surface area contributed by atoms with Crippen molar-refractivity contribution in [2.75, 3.05) is 7.11 Å². The molecule has 2 unspecified atom stereocenters. The predicted octanol–water partition coefficient (Wildman–Crippen LogP) is 2.44. The quantitative estimate of drug-likeness (QED) is 0.586. The molecule has 3 heterocycles. The summed E-state index contributed by atoms with van der Waals surface area (Å²) in [6.45, 7) is 1.87. The summed E-state index contributed by atoms with van der Waals surface area (Å²) in [4.78, 5) is 11.3. The van der Waals surface area contributed by atoms with Gasteiger partial charge < -0.3 is 19.0 Å². The van der Waals surface area contributed by atoms with Gasteiger partial charge in [0.05, 0.1) is 22.8 Å². The van der Waals surface area contributed by atoms with Crippen LogP contribution in [0.1, 0.15) is 44.1 Å². The van der Waals surface area contributed by atoms with E-state index in [0.717, 1.165) is 12.8 Å². The van der Waals surface area contributed by atoms with E-state index >= 15 is 0 Å². The van der Waals surface area contributed by atoms with Crippen molar-refractivity contribution in [3.63, 3.8) is 0 Å². The number of fused-ring (bicyclic) bond motifs is 2. The highest BCUT2D eigenvalue weighted by Gasteiger charge is 2.39. The fraction of sp³-hybridized carbons (Fsp3) is 0.545. The first kappa shape index (κ1) is 21.5. The molecule has 32 heavy (non-hydrogen) atoms. The highest BCUT2D eigenvalue weighted by Crippen LogP contribution is 2.40. The number of nitrogens with zero attached hydrogens (tertiary/aromatic N) is 3. The molecule has 0 N–H and O–H groups in total. The molecule has 2 bridgehead atoms. The first-order valence-electron chi connectivity index (χ1n) is 11.2. The molecule has 1 aromatic heterocycles. The molecule has 8 nitrogen and oxygen atoms in total. The van der Waals surface area contributed by atoms with Crippen molar-refractivity contribution in [3.8, 4) is 23.3 Å². The minimum Gasteiger partial charge on any atom is -0.493 e. The summed E-state index contributed by atoms with van der Waals surface area (Å²) < 4.78 is 42.8. The van der Waals surface area contributed by atoms with E-state index in [2.05, 4.69) is 22.8 Å². The maximum atomic E-state index is 12.6. The van der Waals surface area contributed by atoms with Gasteiger partial charge >= 0.3 is 0 Å². The summed E-state index contributed by atoms with van der Waals surface area (Å²) in [5, 5.41) is -0.280. The van der Waals surface area contributed by atoms with Gasteiger partial charge in [-0.05, 0) is 57.6 Å². The summed E-state index contributed by atoms with van der Waals surface area (Å²) in [7, 11) is 0.383. The van der Waals surface area contributed by atoms with Crippen molar-refractivity contribution >= 4 is 17.8 Å². The lowest BCUT2D eigenvalue weighted by Gasteiger charge is -2.36. The van der Waals surface area contributed by atoms with Gasteiger partial charge in [-0.15, -0.1) is 0 Å². The van der Waals surface area contributed by atoms with Gasteiger partial charge in [0.2, 0.25) is 11.8 Å². The van der Waals surface area contributed by atoms with Crippen molar-refractivity contribution in [1.82, 2.24) is 14.8 Å². The molecule has 3 fully saturated rings. The highest BCUT2D eigenvalue weighted by molar-refractivity contribution is 7.92. The first-order valence-corrected chi connectivity index (χ1v) is 12.7. The number of aromatic nitrogens is 2. The molecule has 170 valence electrons. The largest absolute Gasteiger partial charge is 0.493 e. The van der Waals surface area contributed by atoms with Gasteiger partial charge in [0.15, 0.2) is 29.3 Å². The van der Waals surface area contributed by atoms with Crippen molar-refractivity contribution in [3.05, 3.63) is 30.1 Å². The summed E-state index contributed by atoms with van der Waals surface area (Å²) >= 11 is 0. The zero-order valence-corrected chi connectivity index (χ0v) is 19.5. The summed E-state index contributed by atoms with van der Waals surface area (Å²) in [5.41, 5.74) is 0.704. The van der Waals surface area contributed by atoms with E-state index in [9.17, 15) is 8.42 Å². The van der Waals surface area contributed by atoms with Crippen LogP contribution in [-0.2, 0) is 9.84 Å². The average molecular weight is 457 g/mol. The number of piperidine rings is 1. The second kappa shape index (κ2) is 8.22. The van der Waals surface area contributed by atoms with Crippen LogP contribution in [0.5, 0.6) is 23.3 Å². The van der Waals surface area contributed by atoms with E-state index < -0.39 is 9.84 Å². The van der Waals surface area contributed by atoms with Crippen LogP contribution in [0.25, 0.3) is 0 Å². The van der Waals surface area contributed by atoms with Crippen LogP contribution in [0.15, 0.2) is 29.4 Å². The summed E-state index contributed by atoms with van der Waals surface area (Å²) in [5.74, 6) is 1.63. The van der Waals surface area contributed by atoms with Gasteiger partial charge in [0, 0.05) is 18.2 Å². The maximum absolute atomic E-state index is 12.6. The van der Waals surface area contributed by atoms with Crippen molar-refractivity contribution in [1.29, 1.82) is 0 Å². The molecule has 5 rings (SSSR count). The normalized spacial score (nSPS) is 25.5. The molecule has 1 aromatic carbocycles. The molecule has 2 saturated heterocycles. The molecule has 2 aliphatic heterocycles. The SMILES string of the molecule is BN1C2CC[C@H]1CC(Oc1ncnc(Oc3ccc(S(=O)(=O)C4CC4)cc3OC)c1C)C2. The third-order valence-electron chi connectivity index (χ3n) is 6.96. The van der Waals surface area contributed by atoms with Gasteiger partial charge in [0.25, 0.3) is 0 Å². The summed E-state index contributed by atoms with van der Waals surface area (Å²) in [6, 6.07) is 5.85. The Bertz CT molecular complexity index is 1110. The Labute approximate surface area is 189 Å². The molecule has 10 heteroatoms. The minimum absolute atomic E-state index is 0.131. The van der Waals surface area contributed by atoms with Crippen LogP contribution in [0, 0.1) is 6.92 Å². The molecule has 3 atom stereocenters. The van der Waals surface area contributed by atoms with Crippen LogP contribution in [0.2, 0.25) is 0 Å². The summed E-state index contributed by atoms with van der Waals surface area (Å²) in [6.07, 6.45) is 7.44. The number of hydrogen-bond donors (Lipinski definition) is 0. The highest BCUT2D eigenvalue weighted by atomic mass is 32.2. The molecular weight excluding hydrogens is 429 g/mol. The second-order valence-electron chi connectivity index (χ2n) is 9.03. The first-order chi connectivity index (χ1) is 15.4. The Morgan fingerprint density at radius 1 is 1.03 bits per heavy atom. The number of hydrogen-bond acceptors (Lipinski definition) is 8. The van der Waals surface area contributed by atoms with Gasteiger partial charge in [-0.25, -0.2) is 18.4 Å². The van der Waals surface area contributed by atoms with Crippen LogP contribution >= 0.6 is 0 Å². The fourth-order valence-electron chi connectivity index (χ4n) is 4.84. The Morgan fingerprint density at radius 3 is 2.38 bits per heavy atom. The van der Waals surface area contributed by atoms with E-state index in [-0.39, 0.29) is 16.2 Å². The lowest BCUT2D eigenvalue weighted by atomic mass is 9.96. The zero-order valence-electron chi connectivity index (χ0n) is 18.7. The molecule has 0 spiro atoms. The van der Waals surface area contributed by atoms with Crippen LogP contribution < -0.4 is 14.2 Å². The predicted molar refractivity (Wildman–Crippen MR) is 121 cm³/mol. The Balaban J connectivity index is 1.35. The minimum atomic E-state index is -3.31. The molecule has 1 aliphatic carbocycles. The van der Waals surface area contributed by atoms with Crippen molar-refractivity contribution < 1.29 is 22.6 Å². The monoisotopic (exact) mass is 457 g/mol. The van der Waals surface area contributed by atoms with E-state index in [1.807, 2.05) is 6.92 Å². The Hall–Kier alpha value is -2.33. The fourth-order valence-corrected chi connectivity index (χ4v) is 6.51.